The Labute approximate surface area is 103 Å². The number of nitrogens with two attached hydrogens (primary N) is 1. The van der Waals surface area contributed by atoms with Crippen LogP contribution in [0.3, 0.4) is 0 Å². The van der Waals surface area contributed by atoms with Crippen LogP contribution in [0.4, 0.5) is 0 Å². The van der Waals surface area contributed by atoms with E-state index < -0.39 is 0 Å². The van der Waals surface area contributed by atoms with Crippen LogP contribution in [-0.4, -0.2) is 13.1 Å². The second kappa shape index (κ2) is 7.05. The molecule has 16 heavy (non-hydrogen) atoms. The first-order chi connectivity index (χ1) is 7.69. The maximum atomic E-state index is 5.78. The third-order valence-corrected chi connectivity index (χ3v) is 4.15. The van der Waals surface area contributed by atoms with Crippen LogP contribution in [0.2, 0.25) is 0 Å². The second-order valence-corrected chi connectivity index (χ2v) is 5.60. The van der Waals surface area contributed by atoms with Gasteiger partial charge in [0.2, 0.25) is 0 Å². The Bertz CT molecular complexity index is 269. The maximum Gasteiger partial charge on any atom is 0.0412 e. The lowest BCUT2D eigenvalue weighted by Crippen LogP contribution is -2.33. The molecular weight excluding hydrogens is 216 g/mol. The molecule has 0 spiro atoms. The number of hydrogen-bond acceptors (Lipinski definition) is 3. The molecule has 1 heterocycles. The summed E-state index contributed by atoms with van der Waals surface area (Å²) < 4.78 is 0. The van der Waals surface area contributed by atoms with Gasteiger partial charge < -0.3 is 11.1 Å². The minimum atomic E-state index is 0.493. The molecule has 92 valence electrons. The molecule has 2 unspecified atom stereocenters. The van der Waals surface area contributed by atoms with E-state index in [2.05, 4.69) is 43.6 Å². The van der Waals surface area contributed by atoms with Crippen LogP contribution in [0.15, 0.2) is 17.5 Å². The molecule has 0 saturated heterocycles. The van der Waals surface area contributed by atoms with Crippen molar-refractivity contribution >= 4 is 11.3 Å². The summed E-state index contributed by atoms with van der Waals surface area (Å²) in [7, 11) is 0. The van der Waals surface area contributed by atoms with Gasteiger partial charge in [-0.25, -0.2) is 0 Å². The van der Waals surface area contributed by atoms with Gasteiger partial charge in [-0.05, 0) is 36.2 Å². The van der Waals surface area contributed by atoms with Gasteiger partial charge in [-0.1, -0.05) is 26.8 Å². The van der Waals surface area contributed by atoms with Gasteiger partial charge in [0.05, 0.1) is 0 Å². The predicted molar refractivity (Wildman–Crippen MR) is 72.7 cm³/mol. The van der Waals surface area contributed by atoms with Crippen LogP contribution < -0.4 is 11.1 Å². The first-order valence-corrected chi connectivity index (χ1v) is 7.03. The first kappa shape index (κ1) is 13.7. The predicted octanol–water partition coefficient (Wildman–Crippen LogP) is 3.02. The van der Waals surface area contributed by atoms with Gasteiger partial charge >= 0.3 is 0 Å². The zero-order valence-corrected chi connectivity index (χ0v) is 11.4. The zero-order valence-electron chi connectivity index (χ0n) is 10.6. The van der Waals surface area contributed by atoms with Crippen molar-refractivity contribution in [1.82, 2.24) is 5.32 Å². The molecule has 1 aromatic rings. The second-order valence-electron chi connectivity index (χ2n) is 4.62. The molecule has 0 radical (unpaired) electrons. The topological polar surface area (TPSA) is 38.0 Å². The third kappa shape index (κ3) is 3.89. The molecule has 0 aliphatic heterocycles. The Hall–Kier alpha value is -0.380. The summed E-state index contributed by atoms with van der Waals surface area (Å²) in [6.45, 7) is 8.50. The molecule has 0 saturated carbocycles. The third-order valence-electron chi connectivity index (χ3n) is 3.17. The first-order valence-electron chi connectivity index (χ1n) is 6.15. The van der Waals surface area contributed by atoms with Crippen LogP contribution in [-0.2, 0) is 0 Å². The molecule has 0 bridgehead atoms. The van der Waals surface area contributed by atoms with Crippen LogP contribution in [0, 0.1) is 11.8 Å². The summed E-state index contributed by atoms with van der Waals surface area (Å²) in [4.78, 5) is 1.43. The monoisotopic (exact) mass is 240 g/mol. The summed E-state index contributed by atoms with van der Waals surface area (Å²) in [6, 6.07) is 4.82. The van der Waals surface area contributed by atoms with E-state index in [0.29, 0.717) is 17.9 Å². The fourth-order valence-corrected chi connectivity index (χ4v) is 2.71. The van der Waals surface area contributed by atoms with Crippen LogP contribution in [0.25, 0.3) is 0 Å². The van der Waals surface area contributed by atoms with E-state index in [9.17, 15) is 0 Å². The van der Waals surface area contributed by atoms with Crippen molar-refractivity contribution in [2.24, 2.45) is 17.6 Å². The van der Waals surface area contributed by atoms with Crippen LogP contribution in [0.1, 0.15) is 38.1 Å². The molecule has 1 rings (SSSR count). The Kier molecular flexibility index (Phi) is 6.03. The Morgan fingerprint density at radius 2 is 2.19 bits per heavy atom. The maximum absolute atomic E-state index is 5.78. The summed E-state index contributed by atoms with van der Waals surface area (Å²) in [5.74, 6) is 1.23. The van der Waals surface area contributed by atoms with Crippen molar-refractivity contribution in [2.75, 3.05) is 13.1 Å². The van der Waals surface area contributed by atoms with E-state index in [4.69, 9.17) is 5.73 Å². The van der Waals surface area contributed by atoms with Gasteiger partial charge in [0, 0.05) is 17.5 Å². The molecule has 2 nitrogen and oxygen atoms in total. The summed E-state index contributed by atoms with van der Waals surface area (Å²) >= 11 is 1.83. The molecule has 3 N–H and O–H groups in total. The summed E-state index contributed by atoms with van der Waals surface area (Å²) in [6.07, 6.45) is 1.13. The van der Waals surface area contributed by atoms with E-state index in [1.807, 2.05) is 11.3 Å². The average molecular weight is 240 g/mol. The molecule has 0 aliphatic rings. The van der Waals surface area contributed by atoms with E-state index in [1.165, 1.54) is 4.88 Å². The number of thiophene rings is 1. The summed E-state index contributed by atoms with van der Waals surface area (Å²) in [5.41, 5.74) is 5.78. The van der Waals surface area contributed by atoms with E-state index in [-0.39, 0.29) is 0 Å². The normalized spacial score (nSPS) is 15.3. The molecule has 3 heteroatoms. The summed E-state index contributed by atoms with van der Waals surface area (Å²) in [5, 5.41) is 5.78. The fraction of sp³-hybridized carbons (Fsp3) is 0.692. The standard InChI is InChI=1S/C13H24N2S/c1-4-12(13-6-5-7-16-13)15-9-11(8-14)10(2)3/h5-7,10-12,15H,4,8-9,14H2,1-3H3. The van der Waals surface area contributed by atoms with Crippen molar-refractivity contribution in [3.05, 3.63) is 22.4 Å². The van der Waals surface area contributed by atoms with E-state index >= 15 is 0 Å². The lowest BCUT2D eigenvalue weighted by Gasteiger charge is -2.23. The molecule has 0 amide bonds. The molecule has 0 fully saturated rings. The lowest BCUT2D eigenvalue weighted by molar-refractivity contribution is 0.349. The number of rotatable bonds is 7. The highest BCUT2D eigenvalue weighted by atomic mass is 32.1. The molecule has 0 aliphatic carbocycles. The van der Waals surface area contributed by atoms with Gasteiger partial charge in [0.25, 0.3) is 0 Å². The average Bonchev–Trinajstić information content (AvgIpc) is 2.77. The highest BCUT2D eigenvalue weighted by Crippen LogP contribution is 2.22. The van der Waals surface area contributed by atoms with Gasteiger partial charge in [-0.3, -0.25) is 0 Å². The van der Waals surface area contributed by atoms with E-state index in [1.54, 1.807) is 0 Å². The van der Waals surface area contributed by atoms with Crippen molar-refractivity contribution in [3.8, 4) is 0 Å². The van der Waals surface area contributed by atoms with Gasteiger partial charge in [-0.15, -0.1) is 11.3 Å². The molecule has 2 atom stereocenters. The Morgan fingerprint density at radius 1 is 1.44 bits per heavy atom. The minimum absolute atomic E-state index is 0.493. The highest BCUT2D eigenvalue weighted by molar-refractivity contribution is 7.10. The zero-order chi connectivity index (χ0) is 12.0. The number of nitrogens with one attached hydrogen (secondary N) is 1. The Balaban J connectivity index is 2.45. The lowest BCUT2D eigenvalue weighted by atomic mass is 9.95. The quantitative estimate of drug-likeness (QED) is 0.769. The van der Waals surface area contributed by atoms with Crippen molar-refractivity contribution < 1.29 is 0 Å². The highest BCUT2D eigenvalue weighted by Gasteiger charge is 2.15. The van der Waals surface area contributed by atoms with E-state index in [0.717, 1.165) is 19.5 Å². The van der Waals surface area contributed by atoms with Crippen molar-refractivity contribution in [2.45, 2.75) is 33.2 Å². The van der Waals surface area contributed by atoms with Gasteiger partial charge in [-0.2, -0.15) is 0 Å². The van der Waals surface area contributed by atoms with Gasteiger partial charge in [0.15, 0.2) is 0 Å². The van der Waals surface area contributed by atoms with Crippen molar-refractivity contribution in [1.29, 1.82) is 0 Å². The van der Waals surface area contributed by atoms with Crippen LogP contribution >= 0.6 is 11.3 Å². The molecule has 0 aromatic carbocycles. The molecule has 1 aromatic heterocycles. The minimum Gasteiger partial charge on any atom is -0.330 e. The van der Waals surface area contributed by atoms with Crippen molar-refractivity contribution in [3.63, 3.8) is 0 Å². The van der Waals surface area contributed by atoms with Gasteiger partial charge in [0.1, 0.15) is 0 Å². The molecular formula is C13H24N2S. The number of hydrogen-bond donors (Lipinski definition) is 2. The Morgan fingerprint density at radius 3 is 2.62 bits per heavy atom. The SMILES string of the molecule is CCC(NCC(CN)C(C)C)c1cccs1. The fourth-order valence-electron chi connectivity index (χ4n) is 1.82. The smallest absolute Gasteiger partial charge is 0.0412 e. The van der Waals surface area contributed by atoms with Crippen LogP contribution in [0.5, 0.6) is 0 Å². The largest absolute Gasteiger partial charge is 0.330 e.